The average Bonchev–Trinajstić information content (AvgIpc) is 2.16. The van der Waals surface area contributed by atoms with E-state index in [1.165, 1.54) is 0 Å². The van der Waals surface area contributed by atoms with Gasteiger partial charge in [-0.1, -0.05) is 50.9 Å². The standard InChI is InChI=1S/C11H10O.CH4/c1-3-9-6-5-7-10(8-12)11(9)4-2;/h3-8H,1-2H2;1H4. The van der Waals surface area contributed by atoms with E-state index < -0.39 is 0 Å². The molecular weight excluding hydrogens is 160 g/mol. The van der Waals surface area contributed by atoms with Crippen LogP contribution in [0, 0.1) is 0 Å². The first-order valence-corrected chi connectivity index (χ1v) is 3.66. The fourth-order valence-electron chi connectivity index (χ4n) is 1.12. The van der Waals surface area contributed by atoms with Crippen molar-refractivity contribution in [3.05, 3.63) is 48.0 Å². The highest BCUT2D eigenvalue weighted by Crippen LogP contribution is 2.15. The molecule has 0 saturated carbocycles. The molecule has 1 aromatic carbocycles. The lowest BCUT2D eigenvalue weighted by Gasteiger charge is -2.02. The Morgan fingerprint density at radius 2 is 1.69 bits per heavy atom. The molecular formula is C12H14O. The maximum atomic E-state index is 10.6. The van der Waals surface area contributed by atoms with E-state index in [0.29, 0.717) is 5.56 Å². The molecule has 0 atom stereocenters. The smallest absolute Gasteiger partial charge is 0.150 e. The molecule has 0 aliphatic heterocycles. The van der Waals surface area contributed by atoms with Crippen LogP contribution in [-0.4, -0.2) is 6.29 Å². The Morgan fingerprint density at radius 3 is 2.15 bits per heavy atom. The molecule has 0 amide bonds. The normalized spacial score (nSPS) is 8.31. The number of benzene rings is 1. The number of aldehydes is 1. The summed E-state index contributed by atoms with van der Waals surface area (Å²) in [5.41, 5.74) is 2.44. The lowest BCUT2D eigenvalue weighted by atomic mass is 10.0. The zero-order valence-electron chi connectivity index (χ0n) is 6.79. The van der Waals surface area contributed by atoms with Crippen molar-refractivity contribution in [2.45, 2.75) is 7.43 Å². The number of carbonyl (C=O) groups is 1. The monoisotopic (exact) mass is 174 g/mol. The molecule has 0 heterocycles. The molecule has 1 rings (SSSR count). The molecule has 0 aliphatic rings. The lowest BCUT2D eigenvalue weighted by Crippen LogP contribution is -1.88. The van der Waals surface area contributed by atoms with Gasteiger partial charge in [-0.15, -0.1) is 0 Å². The van der Waals surface area contributed by atoms with Gasteiger partial charge in [0.25, 0.3) is 0 Å². The summed E-state index contributed by atoms with van der Waals surface area (Å²) < 4.78 is 0. The van der Waals surface area contributed by atoms with Gasteiger partial charge < -0.3 is 0 Å². The van der Waals surface area contributed by atoms with Crippen LogP contribution < -0.4 is 0 Å². The summed E-state index contributed by atoms with van der Waals surface area (Å²) in [6, 6.07) is 5.49. The predicted molar refractivity (Wildman–Crippen MR) is 58.7 cm³/mol. The van der Waals surface area contributed by atoms with Crippen LogP contribution in [0.3, 0.4) is 0 Å². The van der Waals surface area contributed by atoms with Gasteiger partial charge in [0, 0.05) is 5.56 Å². The highest BCUT2D eigenvalue weighted by atomic mass is 16.1. The number of carbonyl (C=O) groups excluding carboxylic acids is 1. The summed E-state index contributed by atoms with van der Waals surface area (Å²) in [5.74, 6) is 0. The maximum Gasteiger partial charge on any atom is 0.150 e. The molecule has 0 fully saturated rings. The van der Waals surface area contributed by atoms with Crippen LogP contribution in [-0.2, 0) is 0 Å². The highest BCUT2D eigenvalue weighted by Gasteiger charge is 2.00. The van der Waals surface area contributed by atoms with Gasteiger partial charge in [-0.2, -0.15) is 0 Å². The molecule has 1 heteroatoms. The maximum absolute atomic E-state index is 10.6. The summed E-state index contributed by atoms with van der Waals surface area (Å²) in [5, 5.41) is 0. The second-order valence-corrected chi connectivity index (χ2v) is 2.38. The molecule has 0 bridgehead atoms. The molecule has 0 spiro atoms. The fourth-order valence-corrected chi connectivity index (χ4v) is 1.12. The summed E-state index contributed by atoms with van der Waals surface area (Å²) in [7, 11) is 0. The van der Waals surface area contributed by atoms with E-state index in [-0.39, 0.29) is 7.43 Å². The molecule has 68 valence electrons. The summed E-state index contributed by atoms with van der Waals surface area (Å²) >= 11 is 0. The van der Waals surface area contributed by atoms with Crippen LogP contribution in [0.15, 0.2) is 31.4 Å². The van der Waals surface area contributed by atoms with E-state index in [4.69, 9.17) is 0 Å². The van der Waals surface area contributed by atoms with Crippen molar-refractivity contribution in [1.29, 1.82) is 0 Å². The van der Waals surface area contributed by atoms with E-state index in [0.717, 1.165) is 17.4 Å². The highest BCUT2D eigenvalue weighted by molar-refractivity contribution is 5.84. The topological polar surface area (TPSA) is 17.1 Å². The SMILES string of the molecule is C.C=Cc1cccc(C=O)c1C=C. The van der Waals surface area contributed by atoms with Gasteiger partial charge in [-0.05, 0) is 11.1 Å². The molecule has 1 nitrogen and oxygen atoms in total. The first-order valence-electron chi connectivity index (χ1n) is 3.66. The van der Waals surface area contributed by atoms with Crippen LogP contribution in [0.25, 0.3) is 12.2 Å². The second kappa shape index (κ2) is 5.09. The molecule has 1 aromatic rings. The van der Waals surface area contributed by atoms with Gasteiger partial charge in [-0.3, -0.25) is 4.79 Å². The van der Waals surface area contributed by atoms with Gasteiger partial charge in [0.1, 0.15) is 0 Å². The van der Waals surface area contributed by atoms with E-state index in [2.05, 4.69) is 13.2 Å². The van der Waals surface area contributed by atoms with Gasteiger partial charge in [0.15, 0.2) is 6.29 Å². The van der Waals surface area contributed by atoms with E-state index in [9.17, 15) is 4.79 Å². The third-order valence-electron chi connectivity index (χ3n) is 1.72. The molecule has 0 radical (unpaired) electrons. The Hall–Kier alpha value is -1.63. The minimum absolute atomic E-state index is 0. The number of hydrogen-bond donors (Lipinski definition) is 0. The minimum Gasteiger partial charge on any atom is -0.298 e. The molecule has 0 unspecified atom stereocenters. The van der Waals surface area contributed by atoms with Crippen molar-refractivity contribution in [2.75, 3.05) is 0 Å². The third kappa shape index (κ3) is 2.15. The predicted octanol–water partition coefficient (Wildman–Crippen LogP) is 3.42. The number of rotatable bonds is 3. The van der Waals surface area contributed by atoms with Crippen molar-refractivity contribution in [3.63, 3.8) is 0 Å². The van der Waals surface area contributed by atoms with Crippen LogP contribution in [0.2, 0.25) is 0 Å². The first kappa shape index (κ1) is 11.4. The summed E-state index contributed by atoms with van der Waals surface area (Å²) in [6.07, 6.45) is 4.20. The van der Waals surface area contributed by atoms with Gasteiger partial charge >= 0.3 is 0 Å². The van der Waals surface area contributed by atoms with Crippen LogP contribution in [0.4, 0.5) is 0 Å². The van der Waals surface area contributed by atoms with Crippen LogP contribution in [0.5, 0.6) is 0 Å². The Labute approximate surface area is 79.4 Å². The Kier molecular flexibility index (Phi) is 4.45. The fraction of sp³-hybridized carbons (Fsp3) is 0.0833. The summed E-state index contributed by atoms with van der Waals surface area (Å²) in [4.78, 5) is 10.6. The third-order valence-corrected chi connectivity index (χ3v) is 1.72. The number of hydrogen-bond acceptors (Lipinski definition) is 1. The first-order chi connectivity index (χ1) is 5.83. The van der Waals surface area contributed by atoms with E-state index >= 15 is 0 Å². The van der Waals surface area contributed by atoms with Gasteiger partial charge in [-0.25, -0.2) is 0 Å². The Balaban J connectivity index is 0.00000144. The zero-order valence-corrected chi connectivity index (χ0v) is 6.79. The largest absolute Gasteiger partial charge is 0.298 e. The Bertz CT molecular complexity index is 298. The lowest BCUT2D eigenvalue weighted by molar-refractivity contribution is 0.112. The second-order valence-electron chi connectivity index (χ2n) is 2.38. The summed E-state index contributed by atoms with van der Waals surface area (Å²) in [6.45, 7) is 7.29. The van der Waals surface area contributed by atoms with Gasteiger partial charge in [0.05, 0.1) is 0 Å². The van der Waals surface area contributed by atoms with Crippen molar-refractivity contribution in [1.82, 2.24) is 0 Å². The molecule has 0 N–H and O–H groups in total. The van der Waals surface area contributed by atoms with E-state index in [1.54, 1.807) is 18.2 Å². The molecule has 0 aromatic heterocycles. The zero-order chi connectivity index (χ0) is 8.97. The molecule has 13 heavy (non-hydrogen) atoms. The van der Waals surface area contributed by atoms with Crippen LogP contribution >= 0.6 is 0 Å². The van der Waals surface area contributed by atoms with Crippen molar-refractivity contribution in [2.24, 2.45) is 0 Å². The van der Waals surface area contributed by atoms with Gasteiger partial charge in [0.2, 0.25) is 0 Å². The van der Waals surface area contributed by atoms with Crippen molar-refractivity contribution < 1.29 is 4.79 Å². The average molecular weight is 174 g/mol. The molecule has 0 aliphatic carbocycles. The Morgan fingerprint density at radius 1 is 1.08 bits per heavy atom. The van der Waals surface area contributed by atoms with Crippen molar-refractivity contribution in [3.8, 4) is 0 Å². The minimum atomic E-state index is 0. The van der Waals surface area contributed by atoms with Crippen molar-refractivity contribution >= 4 is 18.4 Å². The van der Waals surface area contributed by atoms with E-state index in [1.807, 2.05) is 12.1 Å². The quantitative estimate of drug-likeness (QED) is 0.642. The van der Waals surface area contributed by atoms with Crippen LogP contribution in [0.1, 0.15) is 28.9 Å². The molecule has 0 saturated heterocycles.